The largest absolute Gasteiger partial charge is 0.524 e. The fourth-order valence-corrected chi connectivity index (χ4v) is 2.50. The lowest BCUT2D eigenvalue weighted by Gasteiger charge is -2.18. The molecule has 2 N–H and O–H groups in total. The Hall–Kier alpha value is -0.830. The predicted molar refractivity (Wildman–Crippen MR) is 67.3 cm³/mol. The first-order chi connectivity index (χ1) is 7.80. The minimum Gasteiger partial charge on any atom is -0.404 e. The van der Waals surface area contributed by atoms with E-state index in [1.807, 2.05) is 27.7 Å². The van der Waals surface area contributed by atoms with Gasteiger partial charge in [-0.25, -0.2) is 4.57 Å². The van der Waals surface area contributed by atoms with Gasteiger partial charge in [0.25, 0.3) is 0 Å². The number of phosphoric acid groups is 1. The van der Waals surface area contributed by atoms with Gasteiger partial charge in [0, 0.05) is 0 Å². The Balaban J connectivity index is 3.40. The standard InChI is InChI=1S/C12H19O4P/c1-5-10-7-11(6-2)9(4)12(8(10)3)16-17(13,14)15/h7H,5-6H2,1-4H3,(H2,13,14,15). The Bertz CT molecular complexity index is 434. The summed E-state index contributed by atoms with van der Waals surface area (Å²) in [5, 5.41) is 0. The fourth-order valence-electron chi connectivity index (χ4n) is 1.99. The van der Waals surface area contributed by atoms with Crippen molar-refractivity contribution in [1.29, 1.82) is 0 Å². The number of benzene rings is 1. The molecule has 0 aliphatic rings. The van der Waals surface area contributed by atoms with E-state index in [1.54, 1.807) is 0 Å². The first kappa shape index (κ1) is 14.2. The molecular weight excluding hydrogens is 239 g/mol. The van der Waals surface area contributed by atoms with Gasteiger partial charge in [-0.3, -0.25) is 9.79 Å². The van der Waals surface area contributed by atoms with Crippen molar-refractivity contribution in [3.8, 4) is 5.75 Å². The van der Waals surface area contributed by atoms with E-state index in [2.05, 4.69) is 6.07 Å². The average molecular weight is 258 g/mol. The van der Waals surface area contributed by atoms with Crippen LogP contribution < -0.4 is 4.52 Å². The van der Waals surface area contributed by atoms with Crippen LogP contribution in [-0.4, -0.2) is 9.79 Å². The topological polar surface area (TPSA) is 66.8 Å². The van der Waals surface area contributed by atoms with Crippen molar-refractivity contribution >= 4 is 7.82 Å². The molecule has 5 heteroatoms. The number of phosphoric ester groups is 1. The van der Waals surface area contributed by atoms with Crippen LogP contribution in [0.15, 0.2) is 6.07 Å². The Labute approximate surface area is 102 Å². The summed E-state index contributed by atoms with van der Waals surface area (Å²) in [7, 11) is -4.50. The van der Waals surface area contributed by atoms with E-state index in [4.69, 9.17) is 14.3 Å². The summed E-state index contributed by atoms with van der Waals surface area (Å²) in [5.74, 6) is 0.328. The highest BCUT2D eigenvalue weighted by atomic mass is 31.2. The summed E-state index contributed by atoms with van der Waals surface area (Å²) in [6, 6.07) is 2.08. The fraction of sp³-hybridized carbons (Fsp3) is 0.500. The maximum absolute atomic E-state index is 11.0. The zero-order valence-corrected chi connectivity index (χ0v) is 11.5. The zero-order valence-electron chi connectivity index (χ0n) is 10.6. The number of hydrogen-bond donors (Lipinski definition) is 2. The molecule has 1 aromatic carbocycles. The van der Waals surface area contributed by atoms with E-state index in [9.17, 15) is 4.57 Å². The minimum absolute atomic E-state index is 0.328. The van der Waals surface area contributed by atoms with Crippen molar-refractivity contribution in [3.05, 3.63) is 28.3 Å². The molecular formula is C12H19O4P. The molecule has 96 valence electrons. The lowest BCUT2D eigenvalue weighted by atomic mass is 9.96. The van der Waals surface area contributed by atoms with Crippen molar-refractivity contribution in [1.82, 2.24) is 0 Å². The summed E-state index contributed by atoms with van der Waals surface area (Å²) < 4.78 is 15.8. The first-order valence-corrected chi connectivity index (χ1v) is 7.20. The molecule has 0 atom stereocenters. The predicted octanol–water partition coefficient (Wildman–Crippen LogP) is 2.90. The van der Waals surface area contributed by atoms with Gasteiger partial charge < -0.3 is 4.52 Å². The van der Waals surface area contributed by atoms with Gasteiger partial charge in [-0.15, -0.1) is 0 Å². The van der Waals surface area contributed by atoms with Gasteiger partial charge >= 0.3 is 7.82 Å². The van der Waals surface area contributed by atoms with E-state index < -0.39 is 7.82 Å². The van der Waals surface area contributed by atoms with Crippen molar-refractivity contribution in [2.45, 2.75) is 40.5 Å². The molecule has 0 aromatic heterocycles. The van der Waals surface area contributed by atoms with Crippen LogP contribution in [0.1, 0.15) is 36.1 Å². The second-order valence-corrected chi connectivity index (χ2v) is 5.23. The second-order valence-electron chi connectivity index (χ2n) is 4.06. The lowest BCUT2D eigenvalue weighted by molar-refractivity contribution is 0.281. The second kappa shape index (κ2) is 5.21. The van der Waals surface area contributed by atoms with E-state index >= 15 is 0 Å². The van der Waals surface area contributed by atoms with E-state index in [1.165, 1.54) is 0 Å². The SMILES string of the molecule is CCc1cc(CC)c(C)c(OP(=O)(O)O)c1C. The van der Waals surface area contributed by atoms with Gasteiger partial charge in [0.1, 0.15) is 5.75 Å². The average Bonchev–Trinajstić information content (AvgIpc) is 2.23. The molecule has 0 unspecified atom stereocenters. The smallest absolute Gasteiger partial charge is 0.404 e. The highest BCUT2D eigenvalue weighted by Crippen LogP contribution is 2.42. The number of aryl methyl sites for hydroxylation is 2. The van der Waals surface area contributed by atoms with Crippen LogP contribution in [0, 0.1) is 13.8 Å². The molecule has 0 fully saturated rings. The van der Waals surface area contributed by atoms with Crippen LogP contribution in [0.3, 0.4) is 0 Å². The van der Waals surface area contributed by atoms with Gasteiger partial charge in [0.05, 0.1) is 0 Å². The molecule has 0 heterocycles. The van der Waals surface area contributed by atoms with Crippen LogP contribution >= 0.6 is 7.82 Å². The summed E-state index contributed by atoms with van der Waals surface area (Å²) in [6.45, 7) is 7.68. The van der Waals surface area contributed by atoms with Crippen LogP contribution in [0.2, 0.25) is 0 Å². The summed E-state index contributed by atoms with van der Waals surface area (Å²) in [4.78, 5) is 17.9. The highest BCUT2D eigenvalue weighted by molar-refractivity contribution is 7.46. The maximum Gasteiger partial charge on any atom is 0.524 e. The molecule has 0 radical (unpaired) electrons. The molecule has 0 aliphatic heterocycles. The Morgan fingerprint density at radius 1 is 1.12 bits per heavy atom. The van der Waals surface area contributed by atoms with Gasteiger partial charge in [-0.2, -0.15) is 0 Å². The van der Waals surface area contributed by atoms with Crippen LogP contribution in [-0.2, 0) is 17.4 Å². The third-order valence-corrected chi connectivity index (χ3v) is 3.39. The minimum atomic E-state index is -4.50. The summed E-state index contributed by atoms with van der Waals surface area (Å²) in [6.07, 6.45) is 1.63. The lowest BCUT2D eigenvalue weighted by Crippen LogP contribution is -2.01. The molecule has 0 amide bonds. The van der Waals surface area contributed by atoms with E-state index in [0.29, 0.717) is 5.75 Å². The quantitative estimate of drug-likeness (QED) is 0.815. The summed E-state index contributed by atoms with van der Waals surface area (Å²) >= 11 is 0. The van der Waals surface area contributed by atoms with E-state index in [0.717, 1.165) is 35.1 Å². The van der Waals surface area contributed by atoms with Crippen LogP contribution in [0.25, 0.3) is 0 Å². The Morgan fingerprint density at radius 3 is 1.82 bits per heavy atom. The normalized spacial score (nSPS) is 11.6. The molecule has 0 bridgehead atoms. The van der Waals surface area contributed by atoms with Gasteiger partial charge in [0.15, 0.2) is 0 Å². The van der Waals surface area contributed by atoms with Gasteiger partial charge in [-0.05, 0) is 48.9 Å². The summed E-state index contributed by atoms with van der Waals surface area (Å²) in [5.41, 5.74) is 3.75. The number of hydrogen-bond acceptors (Lipinski definition) is 2. The van der Waals surface area contributed by atoms with Crippen molar-refractivity contribution in [2.75, 3.05) is 0 Å². The van der Waals surface area contributed by atoms with Crippen molar-refractivity contribution < 1.29 is 18.9 Å². The third kappa shape index (κ3) is 3.32. The van der Waals surface area contributed by atoms with Crippen molar-refractivity contribution in [3.63, 3.8) is 0 Å². The van der Waals surface area contributed by atoms with Crippen LogP contribution in [0.4, 0.5) is 0 Å². The molecule has 0 saturated heterocycles. The Morgan fingerprint density at radius 2 is 1.53 bits per heavy atom. The highest BCUT2D eigenvalue weighted by Gasteiger charge is 2.21. The monoisotopic (exact) mass is 258 g/mol. The molecule has 1 aromatic rings. The molecule has 0 saturated carbocycles. The van der Waals surface area contributed by atoms with Gasteiger partial charge in [0.2, 0.25) is 0 Å². The maximum atomic E-state index is 11.0. The van der Waals surface area contributed by atoms with E-state index in [-0.39, 0.29) is 0 Å². The first-order valence-electron chi connectivity index (χ1n) is 5.67. The molecule has 0 spiro atoms. The zero-order chi connectivity index (χ0) is 13.2. The molecule has 4 nitrogen and oxygen atoms in total. The van der Waals surface area contributed by atoms with Crippen LogP contribution in [0.5, 0.6) is 5.75 Å². The van der Waals surface area contributed by atoms with Gasteiger partial charge in [-0.1, -0.05) is 19.9 Å². The Kier molecular flexibility index (Phi) is 4.36. The molecule has 1 rings (SSSR count). The molecule has 0 aliphatic carbocycles. The number of rotatable bonds is 4. The van der Waals surface area contributed by atoms with Crippen molar-refractivity contribution in [2.24, 2.45) is 0 Å². The third-order valence-electron chi connectivity index (χ3n) is 2.96. The molecule has 17 heavy (non-hydrogen) atoms.